The third-order valence-corrected chi connectivity index (χ3v) is 6.61. The van der Waals surface area contributed by atoms with Crippen molar-refractivity contribution >= 4 is 39.0 Å². The topological polar surface area (TPSA) is 68.7 Å². The fourth-order valence-electron chi connectivity index (χ4n) is 3.80. The van der Waals surface area contributed by atoms with Crippen molar-refractivity contribution in [3.8, 4) is 22.9 Å². The average Bonchev–Trinajstić information content (AvgIpc) is 3.44. The molecule has 0 aliphatic carbocycles. The van der Waals surface area contributed by atoms with Gasteiger partial charge >= 0.3 is 0 Å². The maximum atomic E-state index is 6.74. The van der Waals surface area contributed by atoms with E-state index in [1.54, 1.807) is 25.6 Å². The predicted molar refractivity (Wildman–Crippen MR) is 131 cm³/mol. The number of fused-ring (bicyclic) bond motifs is 1. The molecule has 0 radical (unpaired) electrons. The lowest BCUT2D eigenvalue weighted by atomic mass is 10.1. The van der Waals surface area contributed by atoms with Crippen LogP contribution in [0.3, 0.4) is 0 Å². The molecule has 172 valence electrons. The Labute approximate surface area is 197 Å². The van der Waals surface area contributed by atoms with Gasteiger partial charge in [0.25, 0.3) is 0 Å². The molecule has 2 aromatic heterocycles. The summed E-state index contributed by atoms with van der Waals surface area (Å²) in [5.74, 6) is 1.32. The van der Waals surface area contributed by atoms with Crippen LogP contribution in [0.5, 0.6) is 11.5 Å². The normalized spacial score (nSPS) is 16.8. The summed E-state index contributed by atoms with van der Waals surface area (Å²) < 4.78 is 17.1. The SMILES string of the molecule is COc1cc(-c2csc(NC(C)C)n2)nc2c(Cl)c(OCCN3CC[C@@H](OC)C3)ccc12. The Hall–Kier alpha value is -2.13. The number of rotatable bonds is 9. The number of likely N-dealkylation sites (tertiary alicyclic amines) is 1. The van der Waals surface area contributed by atoms with Gasteiger partial charge < -0.3 is 19.5 Å². The fourth-order valence-corrected chi connectivity index (χ4v) is 4.92. The zero-order valence-corrected chi connectivity index (χ0v) is 20.4. The monoisotopic (exact) mass is 476 g/mol. The summed E-state index contributed by atoms with van der Waals surface area (Å²) in [6.07, 6.45) is 1.38. The van der Waals surface area contributed by atoms with Crippen LogP contribution in [-0.4, -0.2) is 67.5 Å². The largest absolute Gasteiger partial charge is 0.496 e. The summed E-state index contributed by atoms with van der Waals surface area (Å²) in [4.78, 5) is 11.8. The molecule has 1 N–H and O–H groups in total. The highest BCUT2D eigenvalue weighted by atomic mass is 35.5. The molecule has 3 heterocycles. The number of aromatic nitrogens is 2. The van der Waals surface area contributed by atoms with Gasteiger partial charge in [0.2, 0.25) is 0 Å². The maximum absolute atomic E-state index is 6.74. The molecule has 9 heteroatoms. The molecule has 1 atom stereocenters. The molecule has 1 saturated heterocycles. The quantitative estimate of drug-likeness (QED) is 0.469. The van der Waals surface area contributed by atoms with Gasteiger partial charge in [0, 0.05) is 49.6 Å². The Morgan fingerprint density at radius 2 is 2.06 bits per heavy atom. The molecule has 0 amide bonds. The van der Waals surface area contributed by atoms with E-state index < -0.39 is 0 Å². The number of pyridine rings is 1. The van der Waals surface area contributed by atoms with E-state index in [4.69, 9.17) is 30.8 Å². The minimum atomic E-state index is 0.309. The summed E-state index contributed by atoms with van der Waals surface area (Å²) in [7, 11) is 3.41. The van der Waals surface area contributed by atoms with Crippen molar-refractivity contribution < 1.29 is 14.2 Å². The third kappa shape index (κ3) is 5.09. The number of nitrogens with zero attached hydrogens (tertiary/aromatic N) is 3. The standard InChI is InChI=1S/C23H29ClN4O3S/c1-14(2)25-23-27-18(13-32-23)17-11-20(30-4)16-5-6-19(21(24)22(16)26-17)31-10-9-28-8-7-15(12-28)29-3/h5-6,11,13-15H,7-10,12H2,1-4H3,(H,25,27)/t15-/m1/s1. The number of hydrogen-bond acceptors (Lipinski definition) is 8. The first-order chi connectivity index (χ1) is 15.5. The second-order valence-corrected chi connectivity index (χ2v) is 9.35. The third-order valence-electron chi connectivity index (χ3n) is 5.47. The van der Waals surface area contributed by atoms with Gasteiger partial charge in [-0.2, -0.15) is 0 Å². The van der Waals surface area contributed by atoms with Crippen molar-refractivity contribution in [2.75, 3.05) is 45.8 Å². The Morgan fingerprint density at radius 1 is 1.22 bits per heavy atom. The van der Waals surface area contributed by atoms with E-state index in [1.165, 1.54) is 0 Å². The van der Waals surface area contributed by atoms with E-state index in [2.05, 4.69) is 29.0 Å². The maximum Gasteiger partial charge on any atom is 0.183 e. The van der Waals surface area contributed by atoms with Crippen molar-refractivity contribution in [2.24, 2.45) is 0 Å². The summed E-state index contributed by atoms with van der Waals surface area (Å²) >= 11 is 8.29. The van der Waals surface area contributed by atoms with Crippen molar-refractivity contribution in [2.45, 2.75) is 32.4 Å². The van der Waals surface area contributed by atoms with E-state index in [0.29, 0.717) is 46.5 Å². The van der Waals surface area contributed by atoms with Gasteiger partial charge in [-0.25, -0.2) is 9.97 Å². The number of nitrogens with one attached hydrogen (secondary N) is 1. The first-order valence-electron chi connectivity index (χ1n) is 10.8. The minimum Gasteiger partial charge on any atom is -0.496 e. The molecular weight excluding hydrogens is 448 g/mol. The van der Waals surface area contributed by atoms with Crippen molar-refractivity contribution in [3.63, 3.8) is 0 Å². The highest BCUT2D eigenvalue weighted by molar-refractivity contribution is 7.14. The van der Waals surface area contributed by atoms with Gasteiger partial charge in [-0.3, -0.25) is 4.90 Å². The Balaban J connectivity index is 1.56. The van der Waals surface area contributed by atoms with Crippen LogP contribution < -0.4 is 14.8 Å². The lowest BCUT2D eigenvalue weighted by Gasteiger charge is -2.17. The summed E-state index contributed by atoms with van der Waals surface area (Å²) in [6, 6.07) is 6.02. The van der Waals surface area contributed by atoms with Crippen LogP contribution in [-0.2, 0) is 4.74 Å². The highest BCUT2D eigenvalue weighted by Crippen LogP contribution is 2.38. The zero-order valence-electron chi connectivity index (χ0n) is 18.9. The predicted octanol–water partition coefficient (Wildman–Crippen LogP) is 4.94. The van der Waals surface area contributed by atoms with Crippen molar-refractivity contribution in [1.82, 2.24) is 14.9 Å². The second kappa shape index (κ2) is 10.2. The van der Waals surface area contributed by atoms with Gasteiger partial charge in [-0.15, -0.1) is 11.3 Å². The first-order valence-corrected chi connectivity index (χ1v) is 12.0. The molecule has 0 unspecified atom stereocenters. The molecule has 0 spiro atoms. The van der Waals surface area contributed by atoms with E-state index in [0.717, 1.165) is 42.3 Å². The van der Waals surface area contributed by atoms with Crippen LogP contribution in [0.4, 0.5) is 5.13 Å². The van der Waals surface area contributed by atoms with E-state index >= 15 is 0 Å². The molecule has 1 fully saturated rings. The molecule has 7 nitrogen and oxygen atoms in total. The number of anilines is 1. The van der Waals surface area contributed by atoms with Crippen LogP contribution in [0.1, 0.15) is 20.3 Å². The first kappa shape index (κ1) is 23.0. The van der Waals surface area contributed by atoms with Crippen molar-refractivity contribution in [1.29, 1.82) is 0 Å². The molecular formula is C23H29ClN4O3S. The van der Waals surface area contributed by atoms with E-state index in [1.807, 2.05) is 23.6 Å². The summed E-state index contributed by atoms with van der Waals surface area (Å²) in [5, 5.41) is 7.49. The van der Waals surface area contributed by atoms with Gasteiger partial charge in [0.15, 0.2) is 5.13 Å². The number of benzene rings is 1. The van der Waals surface area contributed by atoms with Gasteiger partial charge in [-0.05, 0) is 32.4 Å². The smallest absolute Gasteiger partial charge is 0.183 e. The molecule has 1 aromatic carbocycles. The van der Waals surface area contributed by atoms with Crippen LogP contribution in [0.15, 0.2) is 23.6 Å². The lowest BCUT2D eigenvalue weighted by Crippen LogP contribution is -2.27. The molecule has 4 rings (SSSR count). The number of thiazole rings is 1. The summed E-state index contributed by atoms with van der Waals surface area (Å²) in [5.41, 5.74) is 2.14. The van der Waals surface area contributed by atoms with Crippen LogP contribution >= 0.6 is 22.9 Å². The Bertz CT molecular complexity index is 1070. The minimum absolute atomic E-state index is 0.309. The lowest BCUT2D eigenvalue weighted by molar-refractivity contribution is 0.106. The molecule has 1 aliphatic heterocycles. The molecule has 0 bridgehead atoms. The van der Waals surface area contributed by atoms with Crippen molar-refractivity contribution in [3.05, 3.63) is 28.6 Å². The molecule has 32 heavy (non-hydrogen) atoms. The van der Waals surface area contributed by atoms with E-state index in [-0.39, 0.29) is 0 Å². The van der Waals surface area contributed by atoms with Crippen LogP contribution in [0, 0.1) is 0 Å². The molecule has 0 saturated carbocycles. The average molecular weight is 477 g/mol. The van der Waals surface area contributed by atoms with Crippen LogP contribution in [0.25, 0.3) is 22.3 Å². The zero-order chi connectivity index (χ0) is 22.7. The number of ether oxygens (including phenoxy) is 3. The highest BCUT2D eigenvalue weighted by Gasteiger charge is 2.22. The van der Waals surface area contributed by atoms with Gasteiger partial charge in [0.1, 0.15) is 28.8 Å². The Morgan fingerprint density at radius 3 is 2.78 bits per heavy atom. The van der Waals surface area contributed by atoms with Gasteiger partial charge in [-0.1, -0.05) is 11.6 Å². The summed E-state index contributed by atoms with van der Waals surface area (Å²) in [6.45, 7) is 7.51. The van der Waals surface area contributed by atoms with E-state index in [9.17, 15) is 0 Å². The number of hydrogen-bond donors (Lipinski definition) is 1. The van der Waals surface area contributed by atoms with Crippen LogP contribution in [0.2, 0.25) is 5.02 Å². The second-order valence-electron chi connectivity index (χ2n) is 8.12. The number of halogens is 1. The molecule has 1 aliphatic rings. The molecule has 3 aromatic rings. The number of methoxy groups -OCH3 is 2. The fraction of sp³-hybridized carbons (Fsp3) is 0.478. The Kier molecular flexibility index (Phi) is 7.35. The van der Waals surface area contributed by atoms with Gasteiger partial charge in [0.05, 0.1) is 24.4 Å².